The van der Waals surface area contributed by atoms with Gasteiger partial charge in [0.05, 0.1) is 30.3 Å². The molecule has 0 aromatic heterocycles. The topological polar surface area (TPSA) is 115 Å². The first kappa shape index (κ1) is 38.5. The van der Waals surface area contributed by atoms with Gasteiger partial charge < -0.3 is 31.2 Å². The van der Waals surface area contributed by atoms with Crippen LogP contribution in [0.3, 0.4) is 0 Å². The molecule has 1 aliphatic rings. The number of nitrogens with two attached hydrogens (primary N) is 1. The molecule has 4 aromatic carbocycles. The van der Waals surface area contributed by atoms with Crippen LogP contribution in [0.5, 0.6) is 0 Å². The lowest BCUT2D eigenvalue weighted by atomic mass is 9.84. The summed E-state index contributed by atoms with van der Waals surface area (Å²) in [5, 5.41) is 9.10. The lowest BCUT2D eigenvalue weighted by Gasteiger charge is -2.35. The van der Waals surface area contributed by atoms with Gasteiger partial charge in [-0.2, -0.15) is 0 Å². The third-order valence-electron chi connectivity index (χ3n) is 9.57. The lowest BCUT2D eigenvalue weighted by Crippen LogP contribution is -2.54. The van der Waals surface area contributed by atoms with Crippen molar-refractivity contribution in [2.45, 2.75) is 76.8 Å². The fraction of sp³-hybridized carbons (Fsp3) is 0.366. The number of aryl methyl sites for hydroxylation is 1. The first-order chi connectivity index (χ1) is 24.9. The molecule has 0 spiro atoms. The molecule has 6 atom stereocenters. The van der Waals surface area contributed by atoms with E-state index >= 15 is 4.39 Å². The Morgan fingerprint density at radius 3 is 2.10 bits per heavy atom. The molecule has 276 valence electrons. The zero-order valence-corrected chi connectivity index (χ0v) is 29.9. The normalized spacial score (nSPS) is 19.1. The van der Waals surface area contributed by atoms with Gasteiger partial charge in [-0.05, 0) is 85.7 Å². The Morgan fingerprint density at radius 2 is 1.50 bits per heavy atom. The summed E-state index contributed by atoms with van der Waals surface area (Å²) in [5.41, 5.74) is 10.5. The number of amides is 2. The number of ether oxygens (including phenoxy) is 2. The number of anilines is 1. The van der Waals surface area contributed by atoms with Crippen LogP contribution in [0.15, 0.2) is 91.0 Å². The smallest absolute Gasteiger partial charge is 0.407 e. The second-order valence-electron chi connectivity index (χ2n) is 13.8. The quantitative estimate of drug-likeness (QED) is 0.115. The molecular formula is C41H47F3N4O4. The van der Waals surface area contributed by atoms with E-state index < -0.39 is 35.6 Å². The van der Waals surface area contributed by atoms with Crippen molar-refractivity contribution in [2.24, 2.45) is 11.7 Å². The van der Waals surface area contributed by atoms with E-state index in [0.29, 0.717) is 29.8 Å². The van der Waals surface area contributed by atoms with Crippen molar-refractivity contribution < 1.29 is 32.2 Å². The van der Waals surface area contributed by atoms with Gasteiger partial charge in [0.2, 0.25) is 5.91 Å². The molecule has 52 heavy (non-hydrogen) atoms. The van der Waals surface area contributed by atoms with Crippen LogP contribution in [0.1, 0.15) is 67.0 Å². The number of hydrogen-bond donors (Lipinski definition) is 4. The van der Waals surface area contributed by atoms with Crippen molar-refractivity contribution >= 4 is 17.7 Å². The van der Waals surface area contributed by atoms with Gasteiger partial charge in [0, 0.05) is 23.7 Å². The van der Waals surface area contributed by atoms with Gasteiger partial charge in [-0.3, -0.25) is 4.79 Å². The predicted molar refractivity (Wildman–Crippen MR) is 195 cm³/mol. The molecule has 11 heteroatoms. The Bertz CT molecular complexity index is 1740. The van der Waals surface area contributed by atoms with Crippen LogP contribution >= 0.6 is 0 Å². The Hall–Kier alpha value is -4.71. The van der Waals surface area contributed by atoms with E-state index in [0.717, 1.165) is 16.7 Å². The van der Waals surface area contributed by atoms with Gasteiger partial charge in [0.15, 0.2) is 0 Å². The molecule has 1 heterocycles. The molecule has 5 N–H and O–H groups in total. The van der Waals surface area contributed by atoms with E-state index in [1.165, 1.54) is 36.4 Å². The minimum Gasteiger partial charge on any atom is -0.448 e. The highest BCUT2D eigenvalue weighted by Gasteiger charge is 2.31. The number of carbonyl (C=O) groups is 2. The summed E-state index contributed by atoms with van der Waals surface area (Å²) in [6.45, 7) is 8.26. The fourth-order valence-corrected chi connectivity index (χ4v) is 6.55. The number of rotatable bonds is 13. The lowest BCUT2D eigenvalue weighted by molar-refractivity contribution is -0.117. The van der Waals surface area contributed by atoms with Gasteiger partial charge in [-0.1, -0.05) is 74.0 Å². The first-order valence-electron chi connectivity index (χ1n) is 17.6. The Labute approximate surface area is 303 Å². The Balaban J connectivity index is 1.16. The molecular weight excluding hydrogens is 669 g/mol. The van der Waals surface area contributed by atoms with Crippen LogP contribution in [-0.2, 0) is 20.7 Å². The van der Waals surface area contributed by atoms with Crippen LogP contribution in [0.4, 0.5) is 23.7 Å². The maximum atomic E-state index is 15.3. The molecule has 0 bridgehead atoms. The third-order valence-corrected chi connectivity index (χ3v) is 9.57. The average Bonchev–Trinajstić information content (AvgIpc) is 3.12. The number of carbonyl (C=O) groups excluding carboxylic acids is 2. The molecule has 0 saturated carbocycles. The van der Waals surface area contributed by atoms with Crippen LogP contribution < -0.4 is 21.7 Å². The van der Waals surface area contributed by atoms with E-state index in [1.54, 1.807) is 30.3 Å². The van der Waals surface area contributed by atoms with E-state index in [9.17, 15) is 18.4 Å². The molecule has 1 unspecified atom stereocenters. The van der Waals surface area contributed by atoms with Crippen molar-refractivity contribution in [3.63, 3.8) is 0 Å². The highest BCUT2D eigenvalue weighted by molar-refractivity contribution is 5.96. The number of morpholine rings is 1. The second kappa shape index (κ2) is 17.7. The van der Waals surface area contributed by atoms with Crippen molar-refractivity contribution in [1.82, 2.24) is 10.6 Å². The van der Waals surface area contributed by atoms with E-state index in [-0.39, 0.29) is 49.1 Å². The predicted octanol–water partition coefficient (Wildman–Crippen LogP) is 7.31. The Kier molecular flexibility index (Phi) is 13.1. The zero-order chi connectivity index (χ0) is 37.4. The summed E-state index contributed by atoms with van der Waals surface area (Å²) in [6, 6.07) is 22.4. The average molecular weight is 717 g/mol. The summed E-state index contributed by atoms with van der Waals surface area (Å²) in [5.74, 6) is -2.24. The third kappa shape index (κ3) is 9.99. The molecule has 8 nitrogen and oxygen atoms in total. The maximum absolute atomic E-state index is 15.3. The number of hydrogen-bond acceptors (Lipinski definition) is 6. The molecule has 1 fully saturated rings. The molecule has 1 saturated heterocycles. The summed E-state index contributed by atoms with van der Waals surface area (Å²) in [4.78, 5) is 26.3. The Morgan fingerprint density at radius 1 is 0.904 bits per heavy atom. The SMILES string of the molecule is Cc1ccc([C@@H](c2ccc(F)cc2)C(N)C(=O)Nc2cccc(F)c2CC[C@@H]2CN[C@H](COC(=O)N[C@@H](c3ccc(F)cc3)C(C)C)[C@H](C)O2)cc1. The number of halogens is 3. The van der Waals surface area contributed by atoms with Crippen LogP contribution in [0.2, 0.25) is 0 Å². The molecule has 2 amide bonds. The van der Waals surface area contributed by atoms with E-state index in [1.807, 2.05) is 52.0 Å². The zero-order valence-electron chi connectivity index (χ0n) is 29.9. The monoisotopic (exact) mass is 716 g/mol. The molecule has 0 radical (unpaired) electrons. The molecule has 4 aromatic rings. The van der Waals surface area contributed by atoms with E-state index in [4.69, 9.17) is 15.2 Å². The van der Waals surface area contributed by atoms with Crippen molar-refractivity contribution in [3.05, 3.63) is 136 Å². The largest absolute Gasteiger partial charge is 0.448 e. The van der Waals surface area contributed by atoms with E-state index in [2.05, 4.69) is 16.0 Å². The van der Waals surface area contributed by atoms with Gasteiger partial charge in [0.1, 0.15) is 24.1 Å². The minimum absolute atomic E-state index is 0.0471. The number of benzene rings is 4. The molecule has 5 rings (SSSR count). The van der Waals surface area contributed by atoms with Crippen LogP contribution in [0.25, 0.3) is 0 Å². The van der Waals surface area contributed by atoms with Crippen LogP contribution in [0, 0.1) is 30.3 Å². The summed E-state index contributed by atoms with van der Waals surface area (Å²) in [7, 11) is 0. The van der Waals surface area contributed by atoms with Gasteiger partial charge >= 0.3 is 6.09 Å². The van der Waals surface area contributed by atoms with Crippen molar-refractivity contribution in [1.29, 1.82) is 0 Å². The molecule has 1 aliphatic heterocycles. The highest BCUT2D eigenvalue weighted by atomic mass is 19.1. The summed E-state index contributed by atoms with van der Waals surface area (Å²) < 4.78 is 54.2. The molecule has 0 aliphatic carbocycles. The second-order valence-corrected chi connectivity index (χ2v) is 13.8. The number of nitrogens with one attached hydrogen (secondary N) is 3. The maximum Gasteiger partial charge on any atom is 0.407 e. The van der Waals surface area contributed by atoms with Gasteiger partial charge in [0.25, 0.3) is 0 Å². The summed E-state index contributed by atoms with van der Waals surface area (Å²) >= 11 is 0. The summed E-state index contributed by atoms with van der Waals surface area (Å²) in [6.07, 6.45) is -0.433. The number of alkyl carbamates (subject to hydrolysis) is 1. The first-order valence-corrected chi connectivity index (χ1v) is 17.6. The fourth-order valence-electron chi connectivity index (χ4n) is 6.55. The highest BCUT2D eigenvalue weighted by Crippen LogP contribution is 2.30. The van der Waals surface area contributed by atoms with Gasteiger partial charge in [-0.25, -0.2) is 18.0 Å². The van der Waals surface area contributed by atoms with Gasteiger partial charge in [-0.15, -0.1) is 0 Å². The van der Waals surface area contributed by atoms with Crippen molar-refractivity contribution in [2.75, 3.05) is 18.5 Å². The van der Waals surface area contributed by atoms with Crippen LogP contribution in [-0.4, -0.2) is 49.4 Å². The standard InChI is InChI=1S/C41H47F3N4O4/c1-24(2)39(29-14-18-31(43)19-15-29)48-41(50)51-23-36-26(4)52-32(22-46-36)20-21-33-34(44)6-5-7-35(33)47-40(49)38(45)37(27-10-8-25(3)9-11-27)28-12-16-30(42)17-13-28/h5-19,24,26,32,36-39,46H,20-23,45H2,1-4H3,(H,47,49)(H,48,50)/t26-,32+,36+,37-,38?,39+/m0/s1. The van der Waals surface area contributed by atoms with Crippen molar-refractivity contribution in [3.8, 4) is 0 Å². The minimum atomic E-state index is -1.06.